The third-order valence-corrected chi connectivity index (χ3v) is 5.97. The monoisotopic (exact) mass is 403 g/mol. The quantitative estimate of drug-likeness (QED) is 0.387. The second-order valence-corrected chi connectivity index (χ2v) is 7.67. The number of para-hydroxylation sites is 1. The molecule has 5 nitrogen and oxygen atoms in total. The highest BCUT2D eigenvalue weighted by Crippen LogP contribution is 2.37. The molecule has 0 radical (unpaired) electrons. The van der Waals surface area contributed by atoms with Crippen molar-refractivity contribution < 1.29 is 9.59 Å². The molecule has 31 heavy (non-hydrogen) atoms. The zero-order valence-electron chi connectivity index (χ0n) is 16.7. The predicted octanol–water partition coefficient (Wildman–Crippen LogP) is 5.07. The van der Waals surface area contributed by atoms with Crippen molar-refractivity contribution in [3.63, 3.8) is 0 Å². The molecule has 0 saturated carbocycles. The van der Waals surface area contributed by atoms with Gasteiger partial charge in [0.15, 0.2) is 0 Å². The van der Waals surface area contributed by atoms with Crippen LogP contribution in [0.1, 0.15) is 20.7 Å². The molecule has 2 aromatic heterocycles. The van der Waals surface area contributed by atoms with Gasteiger partial charge in [0.05, 0.1) is 33.5 Å². The fraction of sp³-hybridized carbons (Fsp3) is 0.0385. The molecule has 6 rings (SSSR count). The molecule has 0 spiro atoms. The van der Waals surface area contributed by atoms with Crippen LogP contribution in [0.25, 0.3) is 38.8 Å². The number of fused-ring (bicyclic) bond motifs is 4. The Hall–Kier alpha value is -4.25. The molecule has 0 N–H and O–H groups in total. The smallest absolute Gasteiger partial charge is 0.263 e. The SMILES string of the molecule is CN1C(=O)c2cccc(-n3c4ccccc4c4ccc(-c5ccccn5)cc43)c2C1=O. The first-order valence-electron chi connectivity index (χ1n) is 10.1. The summed E-state index contributed by atoms with van der Waals surface area (Å²) in [4.78, 5) is 31.2. The fourth-order valence-electron chi connectivity index (χ4n) is 4.49. The van der Waals surface area contributed by atoms with E-state index in [-0.39, 0.29) is 11.8 Å². The van der Waals surface area contributed by atoms with E-state index in [1.54, 1.807) is 12.3 Å². The zero-order valence-corrected chi connectivity index (χ0v) is 16.7. The number of amides is 2. The molecule has 0 bridgehead atoms. The molecular weight excluding hydrogens is 386 g/mol. The number of imide groups is 1. The molecule has 1 aliphatic rings. The summed E-state index contributed by atoms with van der Waals surface area (Å²) in [6.07, 6.45) is 1.78. The van der Waals surface area contributed by atoms with Gasteiger partial charge in [0.1, 0.15) is 0 Å². The van der Waals surface area contributed by atoms with Crippen molar-refractivity contribution in [3.05, 3.63) is 96.2 Å². The van der Waals surface area contributed by atoms with Crippen molar-refractivity contribution in [1.29, 1.82) is 0 Å². The lowest BCUT2D eigenvalue weighted by molar-refractivity contribution is 0.0693. The van der Waals surface area contributed by atoms with E-state index in [2.05, 4.69) is 33.8 Å². The maximum atomic E-state index is 13.0. The van der Waals surface area contributed by atoms with E-state index in [1.165, 1.54) is 11.9 Å². The number of benzene rings is 3. The summed E-state index contributed by atoms with van der Waals surface area (Å²) in [7, 11) is 1.53. The van der Waals surface area contributed by atoms with E-state index in [4.69, 9.17) is 0 Å². The normalized spacial score (nSPS) is 13.4. The predicted molar refractivity (Wildman–Crippen MR) is 120 cm³/mol. The van der Waals surface area contributed by atoms with Crippen molar-refractivity contribution in [1.82, 2.24) is 14.5 Å². The van der Waals surface area contributed by atoms with Crippen molar-refractivity contribution in [2.24, 2.45) is 0 Å². The van der Waals surface area contributed by atoms with Crippen LogP contribution < -0.4 is 0 Å². The molecule has 3 heterocycles. The number of hydrogen-bond donors (Lipinski definition) is 0. The molecule has 0 saturated heterocycles. The van der Waals surface area contributed by atoms with Crippen LogP contribution >= 0.6 is 0 Å². The summed E-state index contributed by atoms with van der Waals surface area (Å²) < 4.78 is 2.08. The maximum Gasteiger partial charge on any atom is 0.263 e. The first-order chi connectivity index (χ1) is 15.1. The van der Waals surface area contributed by atoms with Gasteiger partial charge >= 0.3 is 0 Å². The number of nitrogens with zero attached hydrogens (tertiary/aromatic N) is 3. The van der Waals surface area contributed by atoms with Crippen LogP contribution in [-0.4, -0.2) is 33.3 Å². The minimum atomic E-state index is -0.276. The molecule has 0 aliphatic carbocycles. The molecule has 5 aromatic rings. The van der Waals surface area contributed by atoms with E-state index in [0.29, 0.717) is 16.8 Å². The summed E-state index contributed by atoms with van der Waals surface area (Å²) in [5.74, 6) is -0.542. The van der Waals surface area contributed by atoms with Gasteiger partial charge in [-0.15, -0.1) is 0 Å². The minimum Gasteiger partial charge on any atom is -0.308 e. The lowest BCUT2D eigenvalue weighted by atomic mass is 10.1. The number of carbonyl (C=O) groups is 2. The number of rotatable bonds is 2. The summed E-state index contributed by atoms with van der Waals surface area (Å²) in [5, 5.41) is 2.17. The highest BCUT2D eigenvalue weighted by atomic mass is 16.2. The van der Waals surface area contributed by atoms with Gasteiger partial charge in [-0.2, -0.15) is 0 Å². The van der Waals surface area contributed by atoms with Crippen LogP contribution in [0.4, 0.5) is 0 Å². The molecule has 1 aliphatic heterocycles. The fourth-order valence-corrected chi connectivity index (χ4v) is 4.49. The van der Waals surface area contributed by atoms with Gasteiger partial charge in [0.25, 0.3) is 11.8 Å². The number of pyridine rings is 1. The first kappa shape index (κ1) is 17.6. The average molecular weight is 403 g/mol. The van der Waals surface area contributed by atoms with Gasteiger partial charge in [0, 0.05) is 29.6 Å². The van der Waals surface area contributed by atoms with E-state index >= 15 is 0 Å². The highest BCUT2D eigenvalue weighted by molar-refractivity contribution is 6.23. The molecule has 2 amide bonds. The van der Waals surface area contributed by atoms with Crippen LogP contribution in [0, 0.1) is 0 Å². The molecule has 0 unspecified atom stereocenters. The lowest BCUT2D eigenvalue weighted by Crippen LogP contribution is -2.24. The Morgan fingerprint density at radius 1 is 0.742 bits per heavy atom. The van der Waals surface area contributed by atoms with E-state index in [0.717, 1.165) is 33.1 Å². The molecule has 5 heteroatoms. The average Bonchev–Trinajstić information content (AvgIpc) is 3.26. The Kier molecular flexibility index (Phi) is 3.62. The molecule has 0 atom stereocenters. The van der Waals surface area contributed by atoms with E-state index in [1.807, 2.05) is 48.5 Å². The number of hydrogen-bond acceptors (Lipinski definition) is 3. The summed E-state index contributed by atoms with van der Waals surface area (Å²) in [6.45, 7) is 0. The largest absolute Gasteiger partial charge is 0.308 e. The van der Waals surface area contributed by atoms with Crippen LogP contribution in [0.3, 0.4) is 0 Å². The Morgan fingerprint density at radius 2 is 1.55 bits per heavy atom. The van der Waals surface area contributed by atoms with Crippen molar-refractivity contribution in [3.8, 4) is 16.9 Å². The van der Waals surface area contributed by atoms with Gasteiger partial charge in [-0.25, -0.2) is 0 Å². The summed E-state index contributed by atoms with van der Waals surface area (Å²) >= 11 is 0. The Labute approximate surface area is 178 Å². The Morgan fingerprint density at radius 3 is 2.39 bits per heavy atom. The van der Waals surface area contributed by atoms with Gasteiger partial charge in [-0.1, -0.05) is 42.5 Å². The Balaban J connectivity index is 1.73. The number of carbonyl (C=O) groups excluding carboxylic acids is 2. The van der Waals surface area contributed by atoms with Crippen LogP contribution in [0.5, 0.6) is 0 Å². The van der Waals surface area contributed by atoms with Crippen LogP contribution in [-0.2, 0) is 0 Å². The van der Waals surface area contributed by atoms with Crippen molar-refractivity contribution in [2.45, 2.75) is 0 Å². The van der Waals surface area contributed by atoms with E-state index in [9.17, 15) is 9.59 Å². The molecule has 0 fully saturated rings. The molecule has 148 valence electrons. The van der Waals surface area contributed by atoms with Crippen molar-refractivity contribution >= 4 is 33.6 Å². The molecular formula is C26H17N3O2. The third kappa shape index (κ3) is 2.40. The first-order valence-corrected chi connectivity index (χ1v) is 10.1. The van der Waals surface area contributed by atoms with Gasteiger partial charge in [0.2, 0.25) is 0 Å². The van der Waals surface area contributed by atoms with Crippen LogP contribution in [0.15, 0.2) is 85.1 Å². The lowest BCUT2D eigenvalue weighted by Gasteiger charge is -2.12. The maximum absolute atomic E-state index is 13.0. The Bertz CT molecular complexity index is 1530. The van der Waals surface area contributed by atoms with E-state index < -0.39 is 0 Å². The third-order valence-electron chi connectivity index (χ3n) is 5.97. The standard InChI is InChI=1S/C26H17N3O2/c1-28-25(30)19-8-6-11-22(24(19)26(28)31)29-21-10-3-2-7-17(21)18-13-12-16(15-23(18)29)20-9-4-5-14-27-20/h2-15H,1H3. The second kappa shape index (κ2) is 6.37. The second-order valence-electron chi connectivity index (χ2n) is 7.67. The number of aromatic nitrogens is 2. The van der Waals surface area contributed by atoms with Gasteiger partial charge < -0.3 is 4.57 Å². The van der Waals surface area contributed by atoms with Crippen molar-refractivity contribution in [2.75, 3.05) is 7.05 Å². The summed E-state index contributed by atoms with van der Waals surface area (Å²) in [5.41, 5.74) is 5.42. The zero-order chi connectivity index (χ0) is 21.1. The van der Waals surface area contributed by atoms with Gasteiger partial charge in [-0.05, 0) is 36.4 Å². The molecule has 3 aromatic carbocycles. The summed E-state index contributed by atoms with van der Waals surface area (Å²) in [6, 6.07) is 25.7. The minimum absolute atomic E-state index is 0.267. The highest BCUT2D eigenvalue weighted by Gasteiger charge is 2.35. The van der Waals surface area contributed by atoms with Gasteiger partial charge in [-0.3, -0.25) is 19.5 Å². The topological polar surface area (TPSA) is 55.2 Å². The van der Waals surface area contributed by atoms with Crippen LogP contribution in [0.2, 0.25) is 0 Å².